The number of hydrogen-bond acceptors (Lipinski definition) is 4. The summed E-state index contributed by atoms with van der Waals surface area (Å²) in [7, 11) is 0. The lowest BCUT2D eigenvalue weighted by Crippen LogP contribution is -2.25. The Hall–Kier alpha value is -4.26. The van der Waals surface area contributed by atoms with Crippen molar-refractivity contribution in [3.8, 4) is 33.2 Å². The number of aromatic nitrogens is 1. The van der Waals surface area contributed by atoms with Crippen molar-refractivity contribution in [1.29, 1.82) is 0 Å². The Labute approximate surface area is 229 Å². The standard InChI is InChI=1S/C28H14F9NO2S/c1-13-2-5-17(18(29)8-13)14-3-6-22-24(11-14)41-26(38-22)15-9-20(31)25(21(32)10-15)27(33,34)39-16-4-7-23(19(30)12-16)40-28(35,36)37/h2-12H,1H3. The Morgan fingerprint density at radius 1 is 0.683 bits per heavy atom. The number of alkyl halides is 5. The zero-order valence-electron chi connectivity index (χ0n) is 20.4. The van der Waals surface area contributed by atoms with Crippen LogP contribution >= 0.6 is 11.3 Å². The van der Waals surface area contributed by atoms with Gasteiger partial charge in [0.15, 0.2) is 11.6 Å². The molecule has 0 saturated carbocycles. The van der Waals surface area contributed by atoms with Crippen LogP contribution in [-0.2, 0) is 6.11 Å². The number of fused-ring (bicyclic) bond motifs is 1. The van der Waals surface area contributed by atoms with Crippen molar-refractivity contribution in [3.63, 3.8) is 0 Å². The number of thiazole rings is 1. The SMILES string of the molecule is Cc1ccc(-c2ccc3nc(-c4cc(F)c(C(F)(F)Oc5ccc(OC(F)(F)F)c(F)c5)c(F)c4)sc3c2)c(F)c1. The van der Waals surface area contributed by atoms with E-state index in [2.05, 4.69) is 14.5 Å². The van der Waals surface area contributed by atoms with E-state index in [9.17, 15) is 39.5 Å². The summed E-state index contributed by atoms with van der Waals surface area (Å²) in [6, 6.07) is 11.8. The van der Waals surface area contributed by atoms with Crippen LogP contribution in [0.5, 0.6) is 11.5 Å². The van der Waals surface area contributed by atoms with Gasteiger partial charge in [-0.25, -0.2) is 22.5 Å². The lowest BCUT2D eigenvalue weighted by atomic mass is 10.0. The highest BCUT2D eigenvalue weighted by molar-refractivity contribution is 7.21. The van der Waals surface area contributed by atoms with E-state index < -0.39 is 52.8 Å². The molecule has 0 N–H and O–H groups in total. The van der Waals surface area contributed by atoms with Crippen molar-refractivity contribution in [1.82, 2.24) is 4.98 Å². The van der Waals surface area contributed by atoms with E-state index >= 15 is 0 Å². The molecule has 0 spiro atoms. The van der Waals surface area contributed by atoms with Gasteiger partial charge in [0, 0.05) is 17.2 Å². The molecule has 1 heterocycles. The average Bonchev–Trinajstić information content (AvgIpc) is 3.28. The zero-order valence-corrected chi connectivity index (χ0v) is 21.2. The zero-order chi connectivity index (χ0) is 29.7. The van der Waals surface area contributed by atoms with E-state index in [0.717, 1.165) is 16.9 Å². The van der Waals surface area contributed by atoms with Crippen LogP contribution in [0.1, 0.15) is 11.1 Å². The smallest absolute Gasteiger partial charge is 0.429 e. The maximum absolute atomic E-state index is 14.9. The van der Waals surface area contributed by atoms with Crippen LogP contribution < -0.4 is 9.47 Å². The minimum atomic E-state index is -5.24. The first-order valence-electron chi connectivity index (χ1n) is 11.5. The van der Waals surface area contributed by atoms with Gasteiger partial charge in [-0.15, -0.1) is 24.5 Å². The molecule has 4 aromatic carbocycles. The van der Waals surface area contributed by atoms with E-state index in [-0.39, 0.29) is 16.6 Å². The van der Waals surface area contributed by atoms with Crippen LogP contribution in [0.15, 0.2) is 66.7 Å². The van der Waals surface area contributed by atoms with Crippen molar-refractivity contribution >= 4 is 21.6 Å². The Morgan fingerprint density at radius 3 is 2.02 bits per heavy atom. The van der Waals surface area contributed by atoms with Gasteiger partial charge in [-0.3, -0.25) is 0 Å². The largest absolute Gasteiger partial charge is 0.573 e. The van der Waals surface area contributed by atoms with Gasteiger partial charge in [0.2, 0.25) is 0 Å². The summed E-state index contributed by atoms with van der Waals surface area (Å²) in [6.45, 7) is 1.74. The minimum Gasteiger partial charge on any atom is -0.429 e. The van der Waals surface area contributed by atoms with Gasteiger partial charge in [-0.2, -0.15) is 8.78 Å². The number of rotatable bonds is 6. The second-order valence-electron chi connectivity index (χ2n) is 8.76. The molecular formula is C28H14F9NO2S. The third kappa shape index (κ3) is 5.94. The summed E-state index contributed by atoms with van der Waals surface area (Å²) >= 11 is 0.989. The summed E-state index contributed by atoms with van der Waals surface area (Å²) in [5, 5.41) is 0.0810. The molecule has 0 aliphatic carbocycles. The molecule has 5 rings (SSSR count). The van der Waals surface area contributed by atoms with Gasteiger partial charge in [0.1, 0.15) is 33.8 Å². The molecule has 0 saturated heterocycles. The number of aryl methyl sites for hydroxylation is 1. The van der Waals surface area contributed by atoms with Gasteiger partial charge < -0.3 is 9.47 Å². The second kappa shape index (κ2) is 10.3. The van der Waals surface area contributed by atoms with Crippen LogP contribution in [0, 0.1) is 30.2 Å². The monoisotopic (exact) mass is 599 g/mol. The summed E-state index contributed by atoms with van der Waals surface area (Å²) < 4.78 is 133. The topological polar surface area (TPSA) is 31.4 Å². The van der Waals surface area contributed by atoms with E-state index in [1.54, 1.807) is 37.3 Å². The summed E-state index contributed by atoms with van der Waals surface area (Å²) in [6.07, 6.45) is -9.93. The molecule has 212 valence electrons. The van der Waals surface area contributed by atoms with Crippen LogP contribution in [0.3, 0.4) is 0 Å². The van der Waals surface area contributed by atoms with Gasteiger partial charge >= 0.3 is 12.5 Å². The van der Waals surface area contributed by atoms with Crippen molar-refractivity contribution in [2.24, 2.45) is 0 Å². The number of hydrogen-bond donors (Lipinski definition) is 0. The fourth-order valence-electron chi connectivity index (χ4n) is 4.00. The lowest BCUT2D eigenvalue weighted by Gasteiger charge is -2.20. The first-order valence-corrected chi connectivity index (χ1v) is 12.3. The number of nitrogens with zero attached hydrogens (tertiary/aromatic N) is 1. The summed E-state index contributed by atoms with van der Waals surface area (Å²) in [5.74, 6) is -7.91. The maximum Gasteiger partial charge on any atom is 0.573 e. The van der Waals surface area contributed by atoms with Crippen LogP contribution in [0.4, 0.5) is 39.5 Å². The molecule has 0 aliphatic heterocycles. The molecule has 0 fully saturated rings. The maximum atomic E-state index is 14.9. The molecule has 0 aliphatic rings. The molecular weight excluding hydrogens is 585 g/mol. The number of halogens is 9. The minimum absolute atomic E-state index is 0.0810. The fourth-order valence-corrected chi connectivity index (χ4v) is 4.99. The van der Waals surface area contributed by atoms with Crippen molar-refractivity contribution < 1.29 is 49.0 Å². The molecule has 0 unspecified atom stereocenters. The van der Waals surface area contributed by atoms with Crippen molar-refractivity contribution in [3.05, 3.63) is 101 Å². The van der Waals surface area contributed by atoms with Gasteiger partial charge in [-0.05, 0) is 60.5 Å². The van der Waals surface area contributed by atoms with Crippen LogP contribution in [0.25, 0.3) is 31.9 Å². The van der Waals surface area contributed by atoms with E-state index in [0.29, 0.717) is 45.6 Å². The fraction of sp³-hybridized carbons (Fsp3) is 0.107. The first kappa shape index (κ1) is 28.3. The highest BCUT2D eigenvalue weighted by Gasteiger charge is 2.42. The number of ether oxygens (including phenoxy) is 2. The highest BCUT2D eigenvalue weighted by atomic mass is 32.1. The molecule has 1 aromatic heterocycles. The highest BCUT2D eigenvalue weighted by Crippen LogP contribution is 2.40. The molecule has 5 aromatic rings. The van der Waals surface area contributed by atoms with Crippen molar-refractivity contribution in [2.45, 2.75) is 19.4 Å². The molecule has 0 amide bonds. The summed E-state index contributed by atoms with van der Waals surface area (Å²) in [5.41, 5.74) is 0.0259. The molecule has 3 nitrogen and oxygen atoms in total. The molecule has 0 bridgehead atoms. The van der Waals surface area contributed by atoms with Gasteiger partial charge in [0.25, 0.3) is 0 Å². The second-order valence-corrected chi connectivity index (χ2v) is 9.79. The predicted octanol–water partition coefficient (Wildman–Crippen LogP) is 9.52. The van der Waals surface area contributed by atoms with E-state index in [4.69, 9.17) is 0 Å². The quantitative estimate of drug-likeness (QED) is 0.182. The van der Waals surface area contributed by atoms with Crippen molar-refractivity contribution in [2.75, 3.05) is 0 Å². The molecule has 13 heteroatoms. The Morgan fingerprint density at radius 2 is 1.39 bits per heavy atom. The normalized spacial score (nSPS) is 12.1. The predicted molar refractivity (Wildman–Crippen MR) is 133 cm³/mol. The molecule has 0 atom stereocenters. The summed E-state index contributed by atoms with van der Waals surface area (Å²) in [4.78, 5) is 4.28. The van der Waals surface area contributed by atoms with E-state index in [1.165, 1.54) is 6.07 Å². The third-order valence-corrected chi connectivity index (χ3v) is 6.85. The van der Waals surface area contributed by atoms with Gasteiger partial charge in [0.05, 0.1) is 10.2 Å². The Balaban J connectivity index is 1.43. The number of benzene rings is 4. The lowest BCUT2D eigenvalue weighted by molar-refractivity contribution is -0.275. The average molecular weight is 599 g/mol. The third-order valence-electron chi connectivity index (χ3n) is 5.78. The molecule has 41 heavy (non-hydrogen) atoms. The van der Waals surface area contributed by atoms with E-state index in [1.807, 2.05) is 0 Å². The molecule has 0 radical (unpaired) electrons. The van der Waals surface area contributed by atoms with Crippen LogP contribution in [-0.4, -0.2) is 11.3 Å². The Bertz CT molecular complexity index is 1760. The Kier molecular flexibility index (Phi) is 7.10. The van der Waals surface area contributed by atoms with Gasteiger partial charge in [-0.1, -0.05) is 18.2 Å². The first-order chi connectivity index (χ1) is 19.2. The van der Waals surface area contributed by atoms with Crippen LogP contribution in [0.2, 0.25) is 0 Å².